The number of ketones is 1. The first-order chi connectivity index (χ1) is 13.8. The molecule has 0 unspecified atom stereocenters. The minimum absolute atomic E-state index is 0.0207. The Bertz CT molecular complexity index is 1170. The zero-order valence-corrected chi connectivity index (χ0v) is 17.6. The van der Waals surface area contributed by atoms with Gasteiger partial charge < -0.3 is 9.30 Å². The Morgan fingerprint density at radius 3 is 2.34 bits per heavy atom. The van der Waals surface area contributed by atoms with Gasteiger partial charge in [0.25, 0.3) is 5.91 Å². The maximum absolute atomic E-state index is 12.7. The van der Waals surface area contributed by atoms with Gasteiger partial charge >= 0.3 is 5.97 Å². The number of nitrogens with zero attached hydrogens (tertiary/aromatic N) is 2. The van der Waals surface area contributed by atoms with Crippen molar-refractivity contribution in [1.82, 2.24) is 4.57 Å². The molecule has 0 spiro atoms. The Balaban J connectivity index is 2.11. The number of benzene rings is 2. The molecule has 6 nitrogen and oxygen atoms in total. The van der Waals surface area contributed by atoms with Gasteiger partial charge in [-0.25, -0.2) is 0 Å². The second-order valence-corrected chi connectivity index (χ2v) is 7.76. The molecule has 0 radical (unpaired) electrons. The third-order valence-electron chi connectivity index (χ3n) is 4.44. The van der Waals surface area contributed by atoms with Gasteiger partial charge in [0.15, 0.2) is 10.6 Å². The number of carbonyl (C=O) groups is 3. The predicted molar refractivity (Wildman–Crippen MR) is 112 cm³/mol. The van der Waals surface area contributed by atoms with E-state index in [9.17, 15) is 14.4 Å². The highest BCUT2D eigenvalue weighted by Gasteiger charge is 2.15. The number of carbonyl (C=O) groups excluding carboxylic acids is 3. The molecule has 0 aliphatic rings. The van der Waals surface area contributed by atoms with E-state index in [1.807, 2.05) is 26.0 Å². The molecule has 1 amide bonds. The summed E-state index contributed by atoms with van der Waals surface area (Å²) in [6.45, 7) is 7.46. The molecule has 7 heteroatoms. The van der Waals surface area contributed by atoms with E-state index in [-0.39, 0.29) is 24.9 Å². The second kappa shape index (κ2) is 8.53. The minimum Gasteiger partial charge on any atom is -0.465 e. The van der Waals surface area contributed by atoms with Crippen LogP contribution in [0, 0.1) is 13.8 Å². The van der Waals surface area contributed by atoms with Crippen molar-refractivity contribution in [2.75, 3.05) is 6.61 Å². The van der Waals surface area contributed by atoms with Gasteiger partial charge in [-0.15, -0.1) is 0 Å². The SMILES string of the molecule is CCOC(=O)Cn1c(=NC(=O)c2ccc(C(C)=O)cc2)sc2cc(C)cc(C)c21. The van der Waals surface area contributed by atoms with Crippen LogP contribution in [0.5, 0.6) is 0 Å². The van der Waals surface area contributed by atoms with E-state index in [0.29, 0.717) is 15.9 Å². The van der Waals surface area contributed by atoms with Gasteiger partial charge in [-0.3, -0.25) is 14.4 Å². The van der Waals surface area contributed by atoms with Crippen LogP contribution in [-0.4, -0.2) is 28.8 Å². The molecule has 0 saturated carbocycles. The lowest BCUT2D eigenvalue weighted by Crippen LogP contribution is -2.23. The monoisotopic (exact) mass is 410 g/mol. The number of Topliss-reactive ketones (excluding diaryl/α,β-unsaturated/α-hetero) is 1. The fourth-order valence-corrected chi connectivity index (χ4v) is 4.36. The summed E-state index contributed by atoms with van der Waals surface area (Å²) in [5.41, 5.74) is 3.87. The van der Waals surface area contributed by atoms with E-state index in [4.69, 9.17) is 4.74 Å². The fourth-order valence-electron chi connectivity index (χ4n) is 3.16. The lowest BCUT2D eigenvalue weighted by atomic mass is 10.1. The number of hydrogen-bond donors (Lipinski definition) is 0. The molecule has 150 valence electrons. The molecule has 3 rings (SSSR count). The first-order valence-corrected chi connectivity index (χ1v) is 10.1. The third-order valence-corrected chi connectivity index (χ3v) is 5.47. The van der Waals surface area contributed by atoms with E-state index in [2.05, 4.69) is 4.99 Å². The van der Waals surface area contributed by atoms with Crippen LogP contribution in [0.1, 0.15) is 45.7 Å². The summed E-state index contributed by atoms with van der Waals surface area (Å²) >= 11 is 1.36. The Hall–Kier alpha value is -3.06. The molecule has 0 aliphatic heterocycles. The van der Waals surface area contributed by atoms with E-state index in [0.717, 1.165) is 21.3 Å². The molecule has 1 heterocycles. The first kappa shape index (κ1) is 20.7. The van der Waals surface area contributed by atoms with E-state index >= 15 is 0 Å². The quantitative estimate of drug-likeness (QED) is 0.473. The van der Waals surface area contributed by atoms with Crippen molar-refractivity contribution >= 4 is 39.2 Å². The van der Waals surface area contributed by atoms with E-state index in [1.54, 1.807) is 35.8 Å². The largest absolute Gasteiger partial charge is 0.465 e. The van der Waals surface area contributed by atoms with Gasteiger partial charge in [0.1, 0.15) is 6.54 Å². The summed E-state index contributed by atoms with van der Waals surface area (Å²) in [6, 6.07) is 10.4. The molecule has 2 aromatic carbocycles. The number of thiazole rings is 1. The average molecular weight is 410 g/mol. The molecular formula is C22H22N2O4S. The van der Waals surface area contributed by atoms with Crippen molar-refractivity contribution in [2.24, 2.45) is 4.99 Å². The third kappa shape index (κ3) is 4.51. The molecule has 0 bridgehead atoms. The Labute approximate surface area is 172 Å². The minimum atomic E-state index is -0.432. The number of aromatic nitrogens is 1. The van der Waals surface area contributed by atoms with Crippen LogP contribution in [0.3, 0.4) is 0 Å². The molecular weight excluding hydrogens is 388 g/mol. The number of hydrogen-bond acceptors (Lipinski definition) is 5. The molecule has 0 fully saturated rings. The Kier molecular flexibility index (Phi) is 6.08. The van der Waals surface area contributed by atoms with Gasteiger partial charge in [-0.05, 0) is 57.0 Å². The predicted octanol–water partition coefficient (Wildman–Crippen LogP) is 3.83. The molecule has 0 atom stereocenters. The number of fused-ring (bicyclic) bond motifs is 1. The second-order valence-electron chi connectivity index (χ2n) is 6.75. The van der Waals surface area contributed by atoms with Crippen molar-refractivity contribution in [2.45, 2.75) is 34.2 Å². The standard InChI is InChI=1S/C22H22N2O4S/c1-5-28-19(26)12-24-20-14(3)10-13(2)11-18(20)29-22(24)23-21(27)17-8-6-16(7-9-17)15(4)25/h6-11H,5,12H2,1-4H3. The molecule has 0 saturated heterocycles. The number of rotatable bonds is 5. The molecule has 1 aromatic heterocycles. The van der Waals surface area contributed by atoms with Crippen LogP contribution in [0.15, 0.2) is 41.4 Å². The highest BCUT2D eigenvalue weighted by Crippen LogP contribution is 2.23. The molecule has 29 heavy (non-hydrogen) atoms. The smallest absolute Gasteiger partial charge is 0.326 e. The fraction of sp³-hybridized carbons (Fsp3) is 0.273. The lowest BCUT2D eigenvalue weighted by Gasteiger charge is -2.07. The highest BCUT2D eigenvalue weighted by molar-refractivity contribution is 7.16. The van der Waals surface area contributed by atoms with Gasteiger partial charge in [-0.1, -0.05) is 29.5 Å². The summed E-state index contributed by atoms with van der Waals surface area (Å²) < 4.78 is 7.77. The zero-order valence-electron chi connectivity index (χ0n) is 16.8. The topological polar surface area (TPSA) is 77.7 Å². The van der Waals surface area contributed by atoms with Crippen molar-refractivity contribution in [1.29, 1.82) is 0 Å². The van der Waals surface area contributed by atoms with Crippen LogP contribution in [0.25, 0.3) is 10.2 Å². The van der Waals surface area contributed by atoms with Crippen LogP contribution in [0.4, 0.5) is 0 Å². The van der Waals surface area contributed by atoms with Gasteiger partial charge in [-0.2, -0.15) is 4.99 Å². The zero-order chi connectivity index (χ0) is 21.1. The summed E-state index contributed by atoms with van der Waals surface area (Å²) in [5.74, 6) is -0.880. The summed E-state index contributed by atoms with van der Waals surface area (Å²) in [6.07, 6.45) is 0. The normalized spacial score (nSPS) is 11.7. The van der Waals surface area contributed by atoms with E-state index < -0.39 is 5.91 Å². The number of ether oxygens (including phenoxy) is 1. The van der Waals surface area contributed by atoms with Crippen LogP contribution >= 0.6 is 11.3 Å². The maximum atomic E-state index is 12.7. The highest BCUT2D eigenvalue weighted by atomic mass is 32.1. The van der Waals surface area contributed by atoms with Crippen molar-refractivity contribution in [3.8, 4) is 0 Å². The van der Waals surface area contributed by atoms with Crippen LogP contribution in [-0.2, 0) is 16.1 Å². The van der Waals surface area contributed by atoms with Crippen LogP contribution < -0.4 is 4.80 Å². The van der Waals surface area contributed by atoms with Crippen molar-refractivity contribution in [3.05, 3.63) is 63.5 Å². The Morgan fingerprint density at radius 2 is 1.72 bits per heavy atom. The van der Waals surface area contributed by atoms with Crippen molar-refractivity contribution < 1.29 is 19.1 Å². The van der Waals surface area contributed by atoms with Gasteiger partial charge in [0, 0.05) is 11.1 Å². The Morgan fingerprint density at radius 1 is 1.07 bits per heavy atom. The van der Waals surface area contributed by atoms with Crippen LogP contribution in [0.2, 0.25) is 0 Å². The molecule has 0 aliphatic carbocycles. The van der Waals surface area contributed by atoms with Gasteiger partial charge in [0.2, 0.25) is 0 Å². The summed E-state index contributed by atoms with van der Waals surface area (Å²) in [5, 5.41) is 0. The number of aryl methyl sites for hydroxylation is 2. The maximum Gasteiger partial charge on any atom is 0.326 e. The number of amides is 1. The van der Waals surface area contributed by atoms with Gasteiger partial charge in [0.05, 0.1) is 16.8 Å². The average Bonchev–Trinajstić information content (AvgIpc) is 2.98. The lowest BCUT2D eigenvalue weighted by molar-refractivity contribution is -0.143. The molecule has 0 N–H and O–H groups in total. The van der Waals surface area contributed by atoms with Crippen molar-refractivity contribution in [3.63, 3.8) is 0 Å². The first-order valence-electron chi connectivity index (χ1n) is 9.26. The molecule has 3 aromatic rings. The summed E-state index contributed by atoms with van der Waals surface area (Å²) in [4.78, 5) is 41.0. The number of esters is 1. The summed E-state index contributed by atoms with van der Waals surface area (Å²) in [7, 11) is 0. The van der Waals surface area contributed by atoms with E-state index in [1.165, 1.54) is 18.3 Å².